The van der Waals surface area contributed by atoms with Crippen LogP contribution in [0.3, 0.4) is 0 Å². The van der Waals surface area contributed by atoms with Gasteiger partial charge in [0, 0.05) is 18.2 Å². The molecule has 2 saturated heterocycles. The van der Waals surface area contributed by atoms with Crippen molar-refractivity contribution in [3.8, 4) is 5.75 Å². The fourth-order valence-electron chi connectivity index (χ4n) is 7.15. The van der Waals surface area contributed by atoms with Gasteiger partial charge in [0.2, 0.25) is 11.8 Å². The molecule has 0 bridgehead atoms. The first kappa shape index (κ1) is 29.1. The summed E-state index contributed by atoms with van der Waals surface area (Å²) in [6.07, 6.45) is 2.17. The maximum absolute atomic E-state index is 16.1. The highest BCUT2D eigenvalue weighted by atomic mass is 35.5. The van der Waals surface area contributed by atoms with Crippen molar-refractivity contribution in [3.63, 3.8) is 0 Å². The maximum Gasteiger partial charge on any atom is 0.335 e. The highest BCUT2D eigenvalue weighted by Gasteiger charge is 2.72. The van der Waals surface area contributed by atoms with E-state index in [1.165, 1.54) is 36.3 Å². The number of aromatic nitrogens is 1. The van der Waals surface area contributed by atoms with Gasteiger partial charge in [-0.1, -0.05) is 44.5 Å². The quantitative estimate of drug-likeness (QED) is 0.402. The summed E-state index contributed by atoms with van der Waals surface area (Å²) in [4.78, 5) is 48.9. The second-order valence-corrected chi connectivity index (χ2v) is 13.1. The molecule has 4 heterocycles. The van der Waals surface area contributed by atoms with Crippen molar-refractivity contribution in [2.75, 3.05) is 24.0 Å². The number of hydrogen-bond donors (Lipinski definition) is 2. The molecule has 0 unspecified atom stereocenters. The minimum atomic E-state index is -1.40. The molecule has 2 amide bonds. The van der Waals surface area contributed by atoms with E-state index in [4.69, 9.17) is 21.3 Å². The molecule has 224 valence electrons. The third-order valence-corrected chi connectivity index (χ3v) is 9.09. The molecule has 11 heteroatoms. The summed E-state index contributed by atoms with van der Waals surface area (Å²) in [6, 6.07) is 9.29. The molecule has 4 atom stereocenters. The predicted octanol–water partition coefficient (Wildman–Crippen LogP) is 5.36. The summed E-state index contributed by atoms with van der Waals surface area (Å²) in [5, 5.41) is 12.4. The van der Waals surface area contributed by atoms with Gasteiger partial charge in [0.05, 0.1) is 47.5 Å². The van der Waals surface area contributed by atoms with Gasteiger partial charge in [-0.05, 0) is 60.2 Å². The minimum Gasteiger partial charge on any atom is -0.495 e. The van der Waals surface area contributed by atoms with Crippen LogP contribution in [0.5, 0.6) is 5.75 Å². The number of pyridine rings is 1. The lowest BCUT2D eigenvalue weighted by atomic mass is 9.63. The summed E-state index contributed by atoms with van der Waals surface area (Å²) >= 11 is 6.31. The fourth-order valence-corrected chi connectivity index (χ4v) is 7.34. The van der Waals surface area contributed by atoms with Crippen LogP contribution in [0.4, 0.5) is 15.8 Å². The molecule has 2 N–H and O–H groups in total. The third-order valence-electron chi connectivity index (χ3n) is 8.79. The lowest BCUT2D eigenvalue weighted by Gasteiger charge is -2.39. The van der Waals surface area contributed by atoms with Crippen LogP contribution in [-0.4, -0.2) is 58.6 Å². The molecular weight excluding hydrogens is 575 g/mol. The summed E-state index contributed by atoms with van der Waals surface area (Å²) in [5.41, 5.74) is 0.744. The maximum atomic E-state index is 16.1. The monoisotopic (exact) mass is 606 g/mol. The van der Waals surface area contributed by atoms with Crippen molar-refractivity contribution in [1.29, 1.82) is 0 Å². The molecule has 9 nitrogen and oxygen atoms in total. The average molecular weight is 607 g/mol. The number of halogens is 2. The number of carbonyl (C=O) groups is 3. The fraction of sp³-hybridized carbons (Fsp3) is 0.375. The lowest BCUT2D eigenvalue weighted by Crippen LogP contribution is -2.52. The Morgan fingerprint density at radius 1 is 1.23 bits per heavy atom. The van der Waals surface area contributed by atoms with Crippen molar-refractivity contribution >= 4 is 40.8 Å². The van der Waals surface area contributed by atoms with Crippen LogP contribution in [0.2, 0.25) is 5.02 Å². The van der Waals surface area contributed by atoms with Crippen molar-refractivity contribution in [3.05, 3.63) is 81.9 Å². The van der Waals surface area contributed by atoms with E-state index in [0.717, 1.165) is 5.56 Å². The van der Waals surface area contributed by atoms with Crippen LogP contribution in [0, 0.1) is 18.2 Å². The first-order chi connectivity index (χ1) is 20.3. The molecule has 0 radical (unpaired) electrons. The highest BCUT2D eigenvalue weighted by Crippen LogP contribution is 2.61. The predicted molar refractivity (Wildman–Crippen MR) is 159 cm³/mol. The second-order valence-electron chi connectivity index (χ2n) is 12.7. The Bertz CT molecular complexity index is 1690. The first-order valence-corrected chi connectivity index (χ1v) is 14.4. The number of anilines is 2. The molecule has 2 fully saturated rings. The number of nitrogens with one attached hydrogen (secondary N) is 1. The molecule has 6 rings (SSSR count). The van der Waals surface area contributed by atoms with Crippen LogP contribution in [0.15, 0.2) is 48.7 Å². The van der Waals surface area contributed by atoms with Crippen LogP contribution in [0.1, 0.15) is 60.3 Å². The Morgan fingerprint density at radius 2 is 1.98 bits per heavy atom. The SMILES string of the molecule is COc1cc(C(=O)O)ccc1N1CN2[C@@H](CC(C)(C)C)[C@@]3(C(=O)Nc4cc(C)cnc43)[C@@H](c3cccc(Cl)c3F)[C@@H]2C1=O. The van der Waals surface area contributed by atoms with Crippen molar-refractivity contribution in [1.82, 2.24) is 9.88 Å². The Balaban J connectivity index is 1.60. The Labute approximate surface area is 253 Å². The van der Waals surface area contributed by atoms with Gasteiger partial charge in [0.15, 0.2) is 0 Å². The van der Waals surface area contributed by atoms with Gasteiger partial charge in [-0.3, -0.25) is 24.4 Å². The number of carboxylic acids is 1. The number of carboxylic acid groups (broad SMARTS) is 1. The summed E-state index contributed by atoms with van der Waals surface area (Å²) in [5.74, 6) is -3.28. The average Bonchev–Trinajstić information content (AvgIpc) is 3.52. The Morgan fingerprint density at radius 3 is 2.65 bits per heavy atom. The van der Waals surface area contributed by atoms with Crippen LogP contribution in [0.25, 0.3) is 0 Å². The second kappa shape index (κ2) is 10.0. The summed E-state index contributed by atoms with van der Waals surface area (Å²) in [7, 11) is 1.40. The van der Waals surface area contributed by atoms with E-state index >= 15 is 4.39 Å². The van der Waals surface area contributed by atoms with Crippen molar-refractivity contribution in [2.24, 2.45) is 5.41 Å². The van der Waals surface area contributed by atoms with E-state index < -0.39 is 35.2 Å². The molecule has 3 aliphatic heterocycles. The minimum absolute atomic E-state index is 0.0109. The number of amides is 2. The molecule has 1 aromatic heterocycles. The number of methoxy groups -OCH3 is 1. The zero-order chi connectivity index (χ0) is 31.0. The molecule has 0 aliphatic carbocycles. The largest absolute Gasteiger partial charge is 0.495 e. The number of benzene rings is 2. The first-order valence-electron chi connectivity index (χ1n) is 14.0. The number of aryl methyl sites for hydroxylation is 1. The molecule has 3 aliphatic rings. The third kappa shape index (κ3) is 4.30. The van der Waals surface area contributed by atoms with Gasteiger partial charge in [-0.25, -0.2) is 9.18 Å². The molecule has 1 spiro atoms. The number of hydrogen-bond acceptors (Lipinski definition) is 6. The number of nitrogens with zero attached hydrogens (tertiary/aromatic N) is 3. The van der Waals surface area contributed by atoms with E-state index in [-0.39, 0.29) is 45.8 Å². The van der Waals surface area contributed by atoms with Gasteiger partial charge in [-0.2, -0.15) is 0 Å². The zero-order valence-electron chi connectivity index (χ0n) is 24.4. The molecular formula is C32H32ClFN4O5. The van der Waals surface area contributed by atoms with E-state index in [9.17, 15) is 19.5 Å². The number of ether oxygens (including phenoxy) is 1. The van der Waals surface area contributed by atoms with Gasteiger partial charge in [-0.15, -0.1) is 0 Å². The van der Waals surface area contributed by atoms with E-state index in [1.54, 1.807) is 18.3 Å². The van der Waals surface area contributed by atoms with Crippen LogP contribution >= 0.6 is 11.6 Å². The number of carbonyl (C=O) groups excluding carboxylic acids is 2. The highest BCUT2D eigenvalue weighted by molar-refractivity contribution is 6.30. The van der Waals surface area contributed by atoms with E-state index in [0.29, 0.717) is 23.5 Å². The lowest BCUT2D eigenvalue weighted by molar-refractivity contribution is -0.122. The van der Waals surface area contributed by atoms with Gasteiger partial charge >= 0.3 is 5.97 Å². The van der Waals surface area contributed by atoms with E-state index in [1.807, 2.05) is 17.9 Å². The van der Waals surface area contributed by atoms with Crippen LogP contribution < -0.4 is 15.0 Å². The van der Waals surface area contributed by atoms with E-state index in [2.05, 4.69) is 26.1 Å². The molecule has 0 saturated carbocycles. The van der Waals surface area contributed by atoms with Gasteiger partial charge in [0.25, 0.3) is 0 Å². The topological polar surface area (TPSA) is 112 Å². The molecule has 3 aromatic rings. The van der Waals surface area contributed by atoms with Crippen molar-refractivity contribution < 1.29 is 28.6 Å². The number of rotatable bonds is 5. The molecule has 43 heavy (non-hydrogen) atoms. The Kier molecular flexibility index (Phi) is 6.78. The zero-order valence-corrected chi connectivity index (χ0v) is 25.2. The molecule has 2 aromatic carbocycles. The normalized spacial score (nSPS) is 24.8. The van der Waals surface area contributed by atoms with Gasteiger partial charge < -0.3 is 15.2 Å². The summed E-state index contributed by atoms with van der Waals surface area (Å²) in [6.45, 7) is 8.12. The number of aromatic carboxylic acids is 1. The number of fused-ring (bicyclic) bond motifs is 3. The van der Waals surface area contributed by atoms with Crippen molar-refractivity contribution in [2.45, 2.75) is 57.5 Å². The Hall–Kier alpha value is -4.02. The summed E-state index contributed by atoms with van der Waals surface area (Å²) < 4.78 is 21.6. The smallest absolute Gasteiger partial charge is 0.335 e. The van der Waals surface area contributed by atoms with Crippen LogP contribution in [-0.2, 0) is 15.0 Å². The van der Waals surface area contributed by atoms with Gasteiger partial charge in [0.1, 0.15) is 17.0 Å². The standard InChI is InChI=1S/C32H32ClFN4O5/c1-16-11-20-27(35-14-16)32(30(42)36-20)23(13-31(2,3)4)38-15-37(21-10-9-17(29(40)41)12-22(21)43-5)28(39)26(38)24(32)18-7-6-8-19(33)25(18)34/h6-12,14,23-24,26H,13,15H2,1-5H3,(H,36,42)(H,40,41)/t23-,24-,26+,32+/m0/s1.